The summed E-state index contributed by atoms with van der Waals surface area (Å²) in [4.78, 5) is 0.293. The Morgan fingerprint density at radius 3 is 2.62 bits per heavy atom. The van der Waals surface area contributed by atoms with Crippen molar-refractivity contribution in [2.75, 3.05) is 7.11 Å². The molecule has 0 bridgehead atoms. The van der Waals surface area contributed by atoms with Crippen LogP contribution in [0.15, 0.2) is 40.9 Å². The van der Waals surface area contributed by atoms with Gasteiger partial charge in [0, 0.05) is 15.6 Å². The molecule has 2 N–H and O–H groups in total. The first kappa shape index (κ1) is 15.7. The van der Waals surface area contributed by atoms with E-state index in [1.807, 2.05) is 0 Å². The van der Waals surface area contributed by atoms with Crippen molar-refractivity contribution in [3.8, 4) is 11.5 Å². The van der Waals surface area contributed by atoms with Gasteiger partial charge in [0.1, 0.15) is 17.4 Å². The van der Waals surface area contributed by atoms with Gasteiger partial charge in [-0.2, -0.15) is 0 Å². The Morgan fingerprint density at radius 2 is 2.00 bits per heavy atom. The number of thiocarbonyl (C=S) groups is 1. The number of benzene rings is 2. The van der Waals surface area contributed by atoms with Crippen molar-refractivity contribution < 1.29 is 13.9 Å². The third-order valence-electron chi connectivity index (χ3n) is 2.85. The molecule has 2 rings (SSSR count). The molecule has 0 radical (unpaired) electrons. The Balaban J connectivity index is 2.17. The predicted octanol–water partition coefficient (Wildman–Crippen LogP) is 3.81. The fraction of sp³-hybridized carbons (Fsp3) is 0.133. The van der Waals surface area contributed by atoms with Crippen molar-refractivity contribution in [3.63, 3.8) is 0 Å². The molecule has 0 spiro atoms. The first-order chi connectivity index (χ1) is 10.0. The smallest absolute Gasteiger partial charge is 0.161 e. The number of rotatable bonds is 5. The van der Waals surface area contributed by atoms with Crippen molar-refractivity contribution in [2.24, 2.45) is 5.73 Å². The first-order valence-corrected chi connectivity index (χ1v) is 7.26. The van der Waals surface area contributed by atoms with Crippen LogP contribution >= 0.6 is 28.1 Å². The van der Waals surface area contributed by atoms with E-state index < -0.39 is 0 Å². The summed E-state index contributed by atoms with van der Waals surface area (Å²) < 4.78 is 24.7. The van der Waals surface area contributed by atoms with Crippen LogP contribution in [0.2, 0.25) is 0 Å². The zero-order chi connectivity index (χ0) is 15.4. The molecule has 110 valence electrons. The SMILES string of the molecule is COc1cc(C(N)=S)ccc1OCc1ccc(F)cc1Br. The highest BCUT2D eigenvalue weighted by Crippen LogP contribution is 2.29. The number of ether oxygens (including phenoxy) is 2. The molecule has 0 saturated carbocycles. The lowest BCUT2D eigenvalue weighted by atomic mass is 10.2. The van der Waals surface area contributed by atoms with Crippen LogP contribution < -0.4 is 15.2 Å². The molecule has 0 aliphatic carbocycles. The average Bonchev–Trinajstić information content (AvgIpc) is 2.46. The Labute approximate surface area is 136 Å². The summed E-state index contributed by atoms with van der Waals surface area (Å²) in [6, 6.07) is 9.67. The van der Waals surface area contributed by atoms with Gasteiger partial charge in [-0.05, 0) is 30.3 Å². The first-order valence-electron chi connectivity index (χ1n) is 6.06. The maximum atomic E-state index is 13.0. The van der Waals surface area contributed by atoms with Crippen molar-refractivity contribution in [2.45, 2.75) is 6.61 Å². The molecule has 21 heavy (non-hydrogen) atoms. The minimum atomic E-state index is -0.302. The van der Waals surface area contributed by atoms with Gasteiger partial charge in [0.25, 0.3) is 0 Å². The van der Waals surface area contributed by atoms with E-state index in [1.54, 1.807) is 31.4 Å². The summed E-state index contributed by atoms with van der Waals surface area (Å²) >= 11 is 8.23. The number of hydrogen-bond donors (Lipinski definition) is 1. The van der Waals surface area contributed by atoms with E-state index in [2.05, 4.69) is 15.9 Å². The van der Waals surface area contributed by atoms with Gasteiger partial charge in [-0.15, -0.1) is 0 Å². The third-order valence-corrected chi connectivity index (χ3v) is 3.82. The van der Waals surface area contributed by atoms with Crippen molar-refractivity contribution in [1.82, 2.24) is 0 Å². The molecule has 0 atom stereocenters. The van der Waals surface area contributed by atoms with Crippen LogP contribution in [-0.4, -0.2) is 12.1 Å². The van der Waals surface area contributed by atoms with Crippen LogP contribution in [0, 0.1) is 5.82 Å². The van der Waals surface area contributed by atoms with E-state index in [1.165, 1.54) is 12.1 Å². The summed E-state index contributed by atoms with van der Waals surface area (Å²) in [5.41, 5.74) is 7.12. The second-order valence-electron chi connectivity index (χ2n) is 4.25. The molecule has 0 amide bonds. The monoisotopic (exact) mass is 369 g/mol. The van der Waals surface area contributed by atoms with Gasteiger partial charge in [0.2, 0.25) is 0 Å². The second kappa shape index (κ2) is 6.87. The number of hydrogen-bond acceptors (Lipinski definition) is 3. The van der Waals surface area contributed by atoms with Gasteiger partial charge in [-0.25, -0.2) is 4.39 Å². The lowest BCUT2D eigenvalue weighted by molar-refractivity contribution is 0.284. The van der Waals surface area contributed by atoms with Crippen LogP contribution in [0.25, 0.3) is 0 Å². The summed E-state index contributed by atoms with van der Waals surface area (Å²) in [6.07, 6.45) is 0. The van der Waals surface area contributed by atoms with Crippen LogP contribution in [-0.2, 0) is 6.61 Å². The third kappa shape index (κ3) is 3.92. The van der Waals surface area contributed by atoms with Crippen molar-refractivity contribution in [1.29, 1.82) is 0 Å². The van der Waals surface area contributed by atoms with Crippen LogP contribution in [0.3, 0.4) is 0 Å². The molecular weight excluding hydrogens is 357 g/mol. The lowest BCUT2D eigenvalue weighted by Crippen LogP contribution is -2.09. The normalized spacial score (nSPS) is 10.2. The van der Waals surface area contributed by atoms with Crippen LogP contribution in [0.1, 0.15) is 11.1 Å². The van der Waals surface area contributed by atoms with Gasteiger partial charge < -0.3 is 15.2 Å². The minimum Gasteiger partial charge on any atom is -0.493 e. The Morgan fingerprint density at radius 1 is 1.24 bits per heavy atom. The zero-order valence-electron chi connectivity index (χ0n) is 11.2. The number of methoxy groups -OCH3 is 1. The molecule has 0 saturated heterocycles. The minimum absolute atomic E-state index is 0.281. The molecule has 0 aromatic heterocycles. The fourth-order valence-electron chi connectivity index (χ4n) is 1.73. The highest BCUT2D eigenvalue weighted by Gasteiger charge is 2.09. The highest BCUT2D eigenvalue weighted by molar-refractivity contribution is 9.10. The Hall–Kier alpha value is -1.66. The van der Waals surface area contributed by atoms with Crippen LogP contribution in [0.5, 0.6) is 11.5 Å². The van der Waals surface area contributed by atoms with Crippen molar-refractivity contribution >= 4 is 33.1 Å². The molecule has 2 aromatic carbocycles. The summed E-state index contributed by atoms with van der Waals surface area (Å²) in [5.74, 6) is 0.802. The van der Waals surface area contributed by atoms with E-state index in [0.717, 1.165) is 5.56 Å². The van der Waals surface area contributed by atoms with Gasteiger partial charge in [-0.3, -0.25) is 0 Å². The summed E-state index contributed by atoms with van der Waals surface area (Å²) in [6.45, 7) is 0.281. The lowest BCUT2D eigenvalue weighted by Gasteiger charge is -2.12. The molecule has 0 aliphatic heterocycles. The molecule has 0 heterocycles. The van der Waals surface area contributed by atoms with E-state index in [4.69, 9.17) is 27.4 Å². The van der Waals surface area contributed by atoms with Gasteiger partial charge in [0.05, 0.1) is 7.11 Å². The largest absolute Gasteiger partial charge is 0.493 e. The molecule has 2 aromatic rings. The highest BCUT2D eigenvalue weighted by atomic mass is 79.9. The molecule has 0 fully saturated rings. The molecule has 0 aliphatic rings. The number of halogens is 2. The topological polar surface area (TPSA) is 44.5 Å². The molecule has 0 unspecified atom stereocenters. The van der Waals surface area contributed by atoms with E-state index in [0.29, 0.717) is 26.5 Å². The fourth-order valence-corrected chi connectivity index (χ4v) is 2.33. The summed E-state index contributed by atoms with van der Waals surface area (Å²) in [5, 5.41) is 0. The van der Waals surface area contributed by atoms with Gasteiger partial charge >= 0.3 is 0 Å². The maximum Gasteiger partial charge on any atom is 0.161 e. The van der Waals surface area contributed by atoms with Crippen molar-refractivity contribution in [3.05, 3.63) is 57.8 Å². The Bertz CT molecular complexity index is 679. The molecule has 3 nitrogen and oxygen atoms in total. The van der Waals surface area contributed by atoms with E-state index in [9.17, 15) is 4.39 Å². The molecule has 6 heteroatoms. The van der Waals surface area contributed by atoms with E-state index in [-0.39, 0.29) is 12.4 Å². The average molecular weight is 370 g/mol. The standard InChI is InChI=1S/C15H13BrFNO2S/c1-19-14-6-9(15(18)21)3-5-13(14)20-8-10-2-4-11(17)7-12(10)16/h2-7H,8H2,1H3,(H2,18,21). The molecular formula is C15H13BrFNO2S. The predicted molar refractivity (Wildman–Crippen MR) is 87.3 cm³/mol. The maximum absolute atomic E-state index is 13.0. The van der Waals surface area contributed by atoms with Gasteiger partial charge in [0.15, 0.2) is 11.5 Å². The zero-order valence-corrected chi connectivity index (χ0v) is 13.6. The number of nitrogens with two attached hydrogens (primary N) is 1. The quantitative estimate of drug-likeness (QED) is 0.813. The second-order valence-corrected chi connectivity index (χ2v) is 5.55. The van der Waals surface area contributed by atoms with Gasteiger partial charge in [-0.1, -0.05) is 34.2 Å². The Kier molecular flexibility index (Phi) is 5.14. The summed E-state index contributed by atoms with van der Waals surface area (Å²) in [7, 11) is 1.54. The van der Waals surface area contributed by atoms with Crippen LogP contribution in [0.4, 0.5) is 4.39 Å². The van der Waals surface area contributed by atoms with E-state index >= 15 is 0 Å².